The lowest BCUT2D eigenvalue weighted by Crippen LogP contribution is -2.58. The summed E-state index contributed by atoms with van der Waals surface area (Å²) in [5, 5.41) is 0. The summed E-state index contributed by atoms with van der Waals surface area (Å²) in [6.07, 6.45) is 0.783. The van der Waals surface area contributed by atoms with Crippen LogP contribution >= 0.6 is 15.9 Å². The molecule has 0 aromatic heterocycles. The molecule has 1 fully saturated rings. The Morgan fingerprint density at radius 1 is 1.30 bits per heavy atom. The van der Waals surface area contributed by atoms with Gasteiger partial charge in [-0.25, -0.2) is 4.79 Å². The number of amides is 1. The van der Waals surface area contributed by atoms with Gasteiger partial charge in [-0.05, 0) is 44.9 Å². The highest BCUT2D eigenvalue weighted by Crippen LogP contribution is 2.34. The Balaban J connectivity index is 1.87. The summed E-state index contributed by atoms with van der Waals surface area (Å²) in [5.74, 6) is 0. The fourth-order valence-electron chi connectivity index (χ4n) is 2.54. The van der Waals surface area contributed by atoms with Gasteiger partial charge in [0.2, 0.25) is 0 Å². The van der Waals surface area contributed by atoms with Crippen LogP contribution in [-0.2, 0) is 11.2 Å². The second-order valence-electron chi connectivity index (χ2n) is 6.95. The highest BCUT2D eigenvalue weighted by atomic mass is 79.9. The van der Waals surface area contributed by atoms with E-state index in [1.54, 1.807) is 4.90 Å². The van der Waals surface area contributed by atoms with Crippen LogP contribution in [0.25, 0.3) is 0 Å². The van der Waals surface area contributed by atoms with Crippen molar-refractivity contribution in [2.45, 2.75) is 39.7 Å². The molecule has 3 nitrogen and oxygen atoms in total. The first kappa shape index (κ1) is 15.4. The minimum absolute atomic E-state index is 0.157. The minimum Gasteiger partial charge on any atom is -0.444 e. The molecule has 1 heterocycles. The van der Waals surface area contributed by atoms with Gasteiger partial charge in [-0.15, -0.1) is 0 Å². The van der Waals surface area contributed by atoms with Crippen LogP contribution in [0.5, 0.6) is 0 Å². The van der Waals surface area contributed by atoms with Crippen LogP contribution in [0.3, 0.4) is 0 Å². The molecule has 1 aromatic rings. The molecule has 0 aliphatic carbocycles. The molecule has 1 aromatic carbocycles. The van der Waals surface area contributed by atoms with Gasteiger partial charge in [0.15, 0.2) is 0 Å². The lowest BCUT2D eigenvalue weighted by molar-refractivity contribution is -0.0276. The summed E-state index contributed by atoms with van der Waals surface area (Å²) in [5.41, 5.74) is 1.04. The Morgan fingerprint density at radius 3 is 2.35 bits per heavy atom. The molecule has 2 rings (SSSR count). The largest absolute Gasteiger partial charge is 0.444 e. The number of benzene rings is 1. The second kappa shape index (κ2) is 5.40. The average Bonchev–Trinajstić information content (AvgIpc) is 2.26. The number of hydrogen-bond donors (Lipinski definition) is 0. The number of hydrogen-bond acceptors (Lipinski definition) is 2. The van der Waals surface area contributed by atoms with Gasteiger partial charge >= 0.3 is 6.09 Å². The zero-order chi connectivity index (χ0) is 15.0. The number of likely N-dealkylation sites (tertiary alicyclic amines) is 1. The van der Waals surface area contributed by atoms with E-state index < -0.39 is 5.60 Å². The molecule has 0 spiro atoms. The number of carbonyl (C=O) groups is 1. The van der Waals surface area contributed by atoms with E-state index in [1.807, 2.05) is 20.8 Å². The first-order valence-electron chi connectivity index (χ1n) is 6.89. The smallest absolute Gasteiger partial charge is 0.410 e. The van der Waals surface area contributed by atoms with Gasteiger partial charge in [-0.3, -0.25) is 0 Å². The lowest BCUT2D eigenvalue weighted by atomic mass is 9.77. The molecule has 0 saturated carbocycles. The van der Waals surface area contributed by atoms with Crippen LogP contribution < -0.4 is 0 Å². The molecule has 110 valence electrons. The molecule has 0 bridgehead atoms. The van der Waals surface area contributed by atoms with Crippen molar-refractivity contribution in [2.24, 2.45) is 5.41 Å². The predicted molar refractivity (Wildman–Crippen MR) is 83.8 cm³/mol. The van der Waals surface area contributed by atoms with Crippen molar-refractivity contribution in [3.63, 3.8) is 0 Å². The monoisotopic (exact) mass is 339 g/mol. The van der Waals surface area contributed by atoms with Gasteiger partial charge < -0.3 is 9.64 Å². The zero-order valence-electron chi connectivity index (χ0n) is 12.6. The zero-order valence-corrected chi connectivity index (χ0v) is 14.2. The summed E-state index contributed by atoms with van der Waals surface area (Å²) in [7, 11) is 0. The summed E-state index contributed by atoms with van der Waals surface area (Å²) in [6.45, 7) is 9.43. The Kier molecular flexibility index (Phi) is 4.14. The number of carbonyl (C=O) groups excluding carboxylic acids is 1. The van der Waals surface area contributed by atoms with Crippen LogP contribution in [-0.4, -0.2) is 29.7 Å². The van der Waals surface area contributed by atoms with E-state index in [4.69, 9.17) is 4.74 Å². The van der Waals surface area contributed by atoms with Crippen molar-refractivity contribution in [1.29, 1.82) is 0 Å². The molecule has 1 amide bonds. The molecule has 1 saturated heterocycles. The van der Waals surface area contributed by atoms with Crippen molar-refractivity contribution < 1.29 is 9.53 Å². The molecule has 0 atom stereocenters. The van der Waals surface area contributed by atoms with Crippen LogP contribution in [0.4, 0.5) is 4.79 Å². The standard InChI is InChI=1S/C16H22BrNO2/c1-15(2,3)20-14(19)18-10-16(4,11-18)9-12-5-7-13(17)8-6-12/h5-8H,9-11H2,1-4H3. The van der Waals surface area contributed by atoms with Crippen molar-refractivity contribution in [2.75, 3.05) is 13.1 Å². The highest BCUT2D eigenvalue weighted by molar-refractivity contribution is 9.10. The maximum absolute atomic E-state index is 11.9. The summed E-state index contributed by atoms with van der Waals surface area (Å²) in [4.78, 5) is 13.7. The Labute approximate surface area is 129 Å². The number of nitrogens with zero attached hydrogens (tertiary/aromatic N) is 1. The molecule has 1 aliphatic rings. The maximum atomic E-state index is 11.9. The van der Waals surface area contributed by atoms with Gasteiger partial charge in [0, 0.05) is 23.0 Å². The fourth-order valence-corrected chi connectivity index (χ4v) is 2.80. The van der Waals surface area contributed by atoms with E-state index in [0.29, 0.717) is 0 Å². The van der Waals surface area contributed by atoms with Gasteiger partial charge in [0.25, 0.3) is 0 Å². The average molecular weight is 340 g/mol. The fraction of sp³-hybridized carbons (Fsp3) is 0.562. The molecule has 20 heavy (non-hydrogen) atoms. The van der Waals surface area contributed by atoms with Crippen molar-refractivity contribution >= 4 is 22.0 Å². The highest BCUT2D eigenvalue weighted by Gasteiger charge is 2.42. The normalized spacial score (nSPS) is 17.6. The third-order valence-corrected chi connectivity index (χ3v) is 3.87. The van der Waals surface area contributed by atoms with Crippen LogP contribution in [0.1, 0.15) is 33.3 Å². The Hall–Kier alpha value is -1.03. The van der Waals surface area contributed by atoms with Gasteiger partial charge in [0.1, 0.15) is 5.60 Å². The summed E-state index contributed by atoms with van der Waals surface area (Å²) < 4.78 is 6.47. The van der Waals surface area contributed by atoms with E-state index >= 15 is 0 Å². The van der Waals surface area contributed by atoms with Gasteiger partial charge in [0.05, 0.1) is 0 Å². The molecule has 0 unspecified atom stereocenters. The second-order valence-corrected chi connectivity index (χ2v) is 7.87. The SMILES string of the molecule is CC1(Cc2ccc(Br)cc2)CN(C(=O)OC(C)(C)C)C1. The first-order valence-corrected chi connectivity index (χ1v) is 7.69. The first-order chi connectivity index (χ1) is 9.17. The van der Waals surface area contributed by atoms with E-state index in [-0.39, 0.29) is 11.5 Å². The van der Waals surface area contributed by atoms with E-state index in [2.05, 4.69) is 47.1 Å². The van der Waals surface area contributed by atoms with Crippen LogP contribution in [0.15, 0.2) is 28.7 Å². The van der Waals surface area contributed by atoms with Crippen molar-refractivity contribution in [3.05, 3.63) is 34.3 Å². The molecule has 0 N–H and O–H groups in total. The topological polar surface area (TPSA) is 29.5 Å². The number of rotatable bonds is 2. The summed E-state index contributed by atoms with van der Waals surface area (Å²) in [6, 6.07) is 8.38. The third kappa shape index (κ3) is 3.98. The van der Waals surface area contributed by atoms with Crippen LogP contribution in [0.2, 0.25) is 0 Å². The summed E-state index contributed by atoms with van der Waals surface area (Å²) >= 11 is 3.44. The maximum Gasteiger partial charge on any atom is 0.410 e. The molecular formula is C16H22BrNO2. The Bertz CT molecular complexity index is 484. The Morgan fingerprint density at radius 2 is 1.85 bits per heavy atom. The number of ether oxygens (including phenoxy) is 1. The van der Waals surface area contributed by atoms with Crippen molar-refractivity contribution in [1.82, 2.24) is 4.90 Å². The van der Waals surface area contributed by atoms with Gasteiger partial charge in [-0.2, -0.15) is 0 Å². The van der Waals surface area contributed by atoms with Gasteiger partial charge in [-0.1, -0.05) is 35.0 Å². The van der Waals surface area contributed by atoms with E-state index in [0.717, 1.165) is 24.0 Å². The molecule has 0 radical (unpaired) electrons. The van der Waals surface area contributed by atoms with Crippen LogP contribution in [0, 0.1) is 5.41 Å². The lowest BCUT2D eigenvalue weighted by Gasteiger charge is -2.48. The predicted octanol–water partition coefficient (Wildman–Crippen LogP) is 4.25. The van der Waals surface area contributed by atoms with E-state index in [9.17, 15) is 4.79 Å². The third-order valence-electron chi connectivity index (χ3n) is 3.34. The quantitative estimate of drug-likeness (QED) is 0.806. The van der Waals surface area contributed by atoms with Crippen molar-refractivity contribution in [3.8, 4) is 0 Å². The molecular weight excluding hydrogens is 318 g/mol. The molecule has 4 heteroatoms. The molecule has 1 aliphatic heterocycles. The van der Waals surface area contributed by atoms with E-state index in [1.165, 1.54) is 5.56 Å². The number of halogens is 1. The minimum atomic E-state index is -0.422.